The van der Waals surface area contributed by atoms with Crippen LogP contribution in [0, 0.1) is 0 Å². The third-order valence-electron chi connectivity index (χ3n) is 7.88. The number of hydrogen-bond acceptors (Lipinski definition) is 2. The van der Waals surface area contributed by atoms with E-state index in [-0.39, 0.29) is 11.5 Å². The van der Waals surface area contributed by atoms with Gasteiger partial charge in [0.1, 0.15) is 11.5 Å². The second kappa shape index (κ2) is 11.1. The quantitative estimate of drug-likeness (QED) is 0.140. The van der Waals surface area contributed by atoms with Gasteiger partial charge in [-0.05, 0) is 96.0 Å². The van der Waals surface area contributed by atoms with Gasteiger partial charge in [0.15, 0.2) is 0 Å². The predicted molar refractivity (Wildman–Crippen MR) is 169 cm³/mol. The summed E-state index contributed by atoms with van der Waals surface area (Å²) >= 11 is 0. The van der Waals surface area contributed by atoms with E-state index in [1.54, 1.807) is 24.3 Å². The van der Waals surface area contributed by atoms with Crippen molar-refractivity contribution in [3.63, 3.8) is 0 Å². The summed E-state index contributed by atoms with van der Waals surface area (Å²) in [5, 5.41) is 5.69. The molecule has 2 nitrogen and oxygen atoms in total. The Hall–Kier alpha value is -5.50. The molecule has 0 aliphatic heterocycles. The molecule has 0 N–H and O–H groups in total. The van der Waals surface area contributed by atoms with Crippen LogP contribution in [0.5, 0.6) is 11.5 Å². The zero-order valence-electron chi connectivity index (χ0n) is 23.8. The normalized spacial score (nSPS) is 12.1. The van der Waals surface area contributed by atoms with Crippen LogP contribution in [0.1, 0.15) is 0 Å². The Kier molecular flexibility index (Phi) is 7.08. The zero-order chi connectivity index (χ0) is 32.1. The van der Waals surface area contributed by atoms with Crippen molar-refractivity contribution in [1.29, 1.82) is 0 Å². The highest BCUT2D eigenvalue weighted by molar-refractivity contribution is 6.24. The molecule has 228 valence electrons. The highest BCUT2D eigenvalue weighted by Gasteiger charge is 2.32. The Balaban J connectivity index is 1.50. The third-order valence-corrected chi connectivity index (χ3v) is 7.88. The van der Waals surface area contributed by atoms with Crippen LogP contribution >= 0.6 is 0 Å². The van der Waals surface area contributed by atoms with E-state index in [9.17, 15) is 26.3 Å². The van der Waals surface area contributed by atoms with Gasteiger partial charge >= 0.3 is 12.7 Å². The van der Waals surface area contributed by atoms with Crippen molar-refractivity contribution in [2.24, 2.45) is 0 Å². The first-order valence-corrected chi connectivity index (χ1v) is 14.2. The molecule has 0 aliphatic carbocycles. The van der Waals surface area contributed by atoms with Crippen molar-refractivity contribution in [1.82, 2.24) is 0 Å². The molecule has 0 spiro atoms. The van der Waals surface area contributed by atoms with Gasteiger partial charge in [-0.2, -0.15) is 0 Å². The first kappa shape index (κ1) is 29.2. The highest BCUT2D eigenvalue weighted by atomic mass is 19.4. The van der Waals surface area contributed by atoms with Crippen molar-refractivity contribution >= 4 is 32.3 Å². The molecule has 7 aromatic carbocycles. The molecule has 7 rings (SSSR count). The average molecular weight is 625 g/mol. The maximum Gasteiger partial charge on any atom is 0.573 e. The Morgan fingerprint density at radius 2 is 0.848 bits per heavy atom. The molecule has 0 unspecified atom stereocenters. The molecule has 0 atom stereocenters. The standard InChI is InChI=1S/C38H22F6O2/c39-37(40,41)45-27-17-12-23(13-18-27)26-16-21-33-34(22-26)35(25-14-19-28(20-15-25)46-38(42,43)44)31-9-3-4-10-32(31)36(33)30-11-5-7-24-6-1-2-8-29(24)30/h1-22H. The van der Waals surface area contributed by atoms with E-state index in [4.69, 9.17) is 0 Å². The van der Waals surface area contributed by atoms with Crippen LogP contribution in [0.3, 0.4) is 0 Å². The number of ether oxygens (including phenoxy) is 2. The molecule has 0 amide bonds. The van der Waals surface area contributed by atoms with Gasteiger partial charge in [0.05, 0.1) is 0 Å². The van der Waals surface area contributed by atoms with Gasteiger partial charge in [-0.1, -0.05) is 103 Å². The minimum Gasteiger partial charge on any atom is -0.406 e. The van der Waals surface area contributed by atoms with Crippen molar-refractivity contribution < 1.29 is 35.8 Å². The van der Waals surface area contributed by atoms with E-state index in [1.807, 2.05) is 72.8 Å². The Morgan fingerprint density at radius 1 is 0.370 bits per heavy atom. The molecule has 8 heteroatoms. The summed E-state index contributed by atoms with van der Waals surface area (Å²) in [5.41, 5.74) is 4.88. The van der Waals surface area contributed by atoms with E-state index in [0.717, 1.165) is 54.6 Å². The van der Waals surface area contributed by atoms with E-state index < -0.39 is 12.7 Å². The maximum absolute atomic E-state index is 12.9. The van der Waals surface area contributed by atoms with E-state index in [0.29, 0.717) is 11.1 Å². The Bertz CT molecular complexity index is 2210. The first-order chi connectivity index (χ1) is 22.0. The van der Waals surface area contributed by atoms with Crippen LogP contribution < -0.4 is 9.47 Å². The van der Waals surface area contributed by atoms with Crippen LogP contribution in [-0.2, 0) is 0 Å². The average Bonchev–Trinajstić information content (AvgIpc) is 3.02. The topological polar surface area (TPSA) is 18.5 Å². The van der Waals surface area contributed by atoms with Crippen molar-refractivity contribution in [2.45, 2.75) is 12.7 Å². The van der Waals surface area contributed by atoms with Crippen LogP contribution in [-0.4, -0.2) is 12.7 Å². The largest absolute Gasteiger partial charge is 0.573 e. The first-order valence-electron chi connectivity index (χ1n) is 14.2. The molecule has 0 saturated heterocycles. The van der Waals surface area contributed by atoms with Gasteiger partial charge in [-0.3, -0.25) is 0 Å². The molecular formula is C38H22F6O2. The summed E-state index contributed by atoms with van der Waals surface area (Å²) in [6.45, 7) is 0. The molecule has 0 heterocycles. The zero-order valence-corrected chi connectivity index (χ0v) is 23.8. The van der Waals surface area contributed by atoms with Gasteiger partial charge < -0.3 is 9.47 Å². The fourth-order valence-corrected chi connectivity index (χ4v) is 6.07. The van der Waals surface area contributed by atoms with Gasteiger partial charge in [-0.25, -0.2) is 0 Å². The van der Waals surface area contributed by atoms with Crippen molar-refractivity contribution in [3.8, 4) is 44.9 Å². The van der Waals surface area contributed by atoms with E-state index in [1.165, 1.54) is 24.3 Å². The molecule has 0 radical (unpaired) electrons. The summed E-state index contributed by atoms with van der Waals surface area (Å²) in [4.78, 5) is 0. The van der Waals surface area contributed by atoms with Gasteiger partial charge in [0.25, 0.3) is 0 Å². The summed E-state index contributed by atoms with van der Waals surface area (Å²) in [5.74, 6) is -0.665. The van der Waals surface area contributed by atoms with E-state index in [2.05, 4.69) is 21.6 Å². The number of rotatable bonds is 5. The lowest BCUT2D eigenvalue weighted by Gasteiger charge is -2.20. The summed E-state index contributed by atoms with van der Waals surface area (Å²) in [6.07, 6.45) is -9.63. The number of fused-ring (bicyclic) bond motifs is 3. The molecule has 0 bridgehead atoms. The Labute approximate surface area is 259 Å². The molecule has 7 aromatic rings. The number of halogens is 6. The summed E-state index contributed by atoms with van der Waals surface area (Å²) in [6, 6.07) is 39.3. The van der Waals surface area contributed by atoms with Crippen LogP contribution in [0.4, 0.5) is 26.3 Å². The highest BCUT2D eigenvalue weighted by Crippen LogP contribution is 2.46. The minimum absolute atomic E-state index is 0.330. The van der Waals surface area contributed by atoms with Gasteiger partial charge in [0, 0.05) is 0 Å². The van der Waals surface area contributed by atoms with Crippen LogP contribution in [0.15, 0.2) is 133 Å². The lowest BCUT2D eigenvalue weighted by molar-refractivity contribution is -0.275. The van der Waals surface area contributed by atoms with Crippen molar-refractivity contribution in [3.05, 3.63) is 133 Å². The SMILES string of the molecule is FC(F)(F)Oc1ccc(-c2ccc3c(-c4cccc5ccccc45)c4ccccc4c(-c4ccc(OC(F)(F)F)cc4)c3c2)cc1. The minimum atomic E-state index is -4.82. The van der Waals surface area contributed by atoms with Gasteiger partial charge in [-0.15, -0.1) is 26.3 Å². The van der Waals surface area contributed by atoms with Crippen LogP contribution in [0.25, 0.3) is 65.7 Å². The monoisotopic (exact) mass is 624 g/mol. The fraction of sp³-hybridized carbons (Fsp3) is 0.0526. The maximum atomic E-state index is 12.9. The fourth-order valence-electron chi connectivity index (χ4n) is 6.07. The molecular weight excluding hydrogens is 602 g/mol. The summed E-state index contributed by atoms with van der Waals surface area (Å²) < 4.78 is 85.2. The van der Waals surface area contributed by atoms with Crippen LogP contribution in [0.2, 0.25) is 0 Å². The predicted octanol–water partition coefficient (Wildman–Crippen LogP) is 11.9. The van der Waals surface area contributed by atoms with Gasteiger partial charge in [0.2, 0.25) is 0 Å². The smallest absolute Gasteiger partial charge is 0.406 e. The Morgan fingerprint density at radius 3 is 1.46 bits per heavy atom. The lowest BCUT2D eigenvalue weighted by Crippen LogP contribution is -2.16. The molecule has 0 aromatic heterocycles. The number of alkyl halides is 6. The molecule has 0 fully saturated rings. The second-order valence-corrected chi connectivity index (χ2v) is 10.7. The molecule has 0 aliphatic rings. The number of hydrogen-bond donors (Lipinski definition) is 0. The lowest BCUT2D eigenvalue weighted by atomic mass is 9.84. The third kappa shape index (κ3) is 5.70. The summed E-state index contributed by atoms with van der Waals surface area (Å²) in [7, 11) is 0. The van der Waals surface area contributed by atoms with Crippen molar-refractivity contribution in [2.75, 3.05) is 0 Å². The number of benzene rings is 7. The second-order valence-electron chi connectivity index (χ2n) is 10.7. The van der Waals surface area contributed by atoms with E-state index >= 15 is 0 Å². The molecule has 0 saturated carbocycles. The molecule has 46 heavy (non-hydrogen) atoms.